The van der Waals surface area contributed by atoms with Crippen LogP contribution >= 0.6 is 12.2 Å². The minimum Gasteiger partial charge on any atom is -0.344 e. The molecule has 0 unspecified atom stereocenters. The van der Waals surface area contributed by atoms with E-state index in [-0.39, 0.29) is 0 Å². The molecule has 2 rings (SSSR count). The number of H-pyrrole nitrogens is 1. The first-order valence-electron chi connectivity index (χ1n) is 5.60. The van der Waals surface area contributed by atoms with Gasteiger partial charge in [-0.15, -0.1) is 0 Å². The van der Waals surface area contributed by atoms with Crippen molar-refractivity contribution in [1.29, 1.82) is 0 Å². The van der Waals surface area contributed by atoms with E-state index in [2.05, 4.69) is 20.5 Å². The predicted molar refractivity (Wildman–Crippen MR) is 75.2 cm³/mol. The molecule has 0 aliphatic rings. The average molecular weight is 261 g/mol. The first-order chi connectivity index (χ1) is 8.65. The fraction of sp³-hybridized carbons (Fsp3) is 0.250. The molecule has 0 radical (unpaired) electrons. The number of thiocarbonyl (C=S) groups is 1. The molecule has 6 heteroatoms. The third-order valence-corrected chi connectivity index (χ3v) is 2.81. The number of benzene rings is 1. The number of nitrogens with zero attached hydrogens (tertiary/aromatic N) is 3. The van der Waals surface area contributed by atoms with Crippen molar-refractivity contribution in [2.24, 2.45) is 0 Å². The Morgan fingerprint density at radius 3 is 2.72 bits per heavy atom. The van der Waals surface area contributed by atoms with Crippen molar-refractivity contribution in [3.8, 4) is 0 Å². The van der Waals surface area contributed by atoms with Crippen LogP contribution in [0.4, 0.5) is 5.69 Å². The van der Waals surface area contributed by atoms with Crippen LogP contribution < -0.4 is 5.32 Å². The molecule has 0 saturated heterocycles. The summed E-state index contributed by atoms with van der Waals surface area (Å²) in [5.74, 6) is 1.53. The Bertz CT molecular complexity index is 522. The summed E-state index contributed by atoms with van der Waals surface area (Å²) in [4.78, 5) is 6.14. The zero-order valence-corrected chi connectivity index (χ0v) is 11.2. The maximum atomic E-state index is 5.31. The van der Waals surface area contributed by atoms with E-state index in [9.17, 15) is 0 Å². The van der Waals surface area contributed by atoms with Crippen molar-refractivity contribution in [2.75, 3.05) is 12.4 Å². The predicted octanol–water partition coefficient (Wildman–Crippen LogP) is 1.94. The minimum absolute atomic E-state index is 0.572. The second kappa shape index (κ2) is 5.59. The van der Waals surface area contributed by atoms with Gasteiger partial charge in [0, 0.05) is 12.7 Å². The van der Waals surface area contributed by atoms with Crippen LogP contribution in [0.2, 0.25) is 0 Å². The molecule has 94 valence electrons. The van der Waals surface area contributed by atoms with Crippen LogP contribution in [0.3, 0.4) is 0 Å². The van der Waals surface area contributed by atoms with Gasteiger partial charge in [-0.25, -0.2) is 4.98 Å². The number of aromatic nitrogens is 3. The highest BCUT2D eigenvalue weighted by atomic mass is 32.1. The summed E-state index contributed by atoms with van der Waals surface area (Å²) < 4.78 is 0. The monoisotopic (exact) mass is 261 g/mol. The Kier molecular flexibility index (Phi) is 3.88. The van der Waals surface area contributed by atoms with Crippen molar-refractivity contribution < 1.29 is 0 Å². The standard InChI is InChI=1S/C12H15N5S/c1-9-13-11(16-15-9)8-17(2)12(18)14-10-6-4-3-5-7-10/h3-7H,8H2,1-2H3,(H,14,18)(H,13,15,16). The van der Waals surface area contributed by atoms with Crippen LogP contribution in [0.5, 0.6) is 0 Å². The van der Waals surface area contributed by atoms with Gasteiger partial charge in [-0.2, -0.15) is 5.10 Å². The van der Waals surface area contributed by atoms with E-state index in [1.165, 1.54) is 0 Å². The molecule has 0 atom stereocenters. The van der Waals surface area contributed by atoms with Crippen molar-refractivity contribution in [2.45, 2.75) is 13.5 Å². The smallest absolute Gasteiger partial charge is 0.173 e. The van der Waals surface area contributed by atoms with Gasteiger partial charge in [0.15, 0.2) is 10.9 Å². The number of aryl methyl sites for hydroxylation is 1. The van der Waals surface area contributed by atoms with Crippen LogP contribution in [0.1, 0.15) is 11.6 Å². The van der Waals surface area contributed by atoms with Gasteiger partial charge in [0.25, 0.3) is 0 Å². The lowest BCUT2D eigenvalue weighted by molar-refractivity contribution is 0.491. The fourth-order valence-corrected chi connectivity index (χ4v) is 1.67. The van der Waals surface area contributed by atoms with E-state index >= 15 is 0 Å². The zero-order chi connectivity index (χ0) is 13.0. The topological polar surface area (TPSA) is 56.8 Å². The van der Waals surface area contributed by atoms with Crippen LogP contribution in [-0.2, 0) is 6.54 Å². The number of aromatic amines is 1. The maximum absolute atomic E-state index is 5.31. The van der Waals surface area contributed by atoms with Crippen LogP contribution in [0.25, 0.3) is 0 Å². The van der Waals surface area contributed by atoms with Gasteiger partial charge in [-0.05, 0) is 31.3 Å². The molecule has 0 spiro atoms. The van der Waals surface area contributed by atoms with Crippen molar-refractivity contribution in [1.82, 2.24) is 20.1 Å². The molecular weight excluding hydrogens is 246 g/mol. The summed E-state index contributed by atoms with van der Waals surface area (Å²) in [6.07, 6.45) is 0. The van der Waals surface area contributed by atoms with E-state index in [1.54, 1.807) is 0 Å². The molecular formula is C12H15N5S. The average Bonchev–Trinajstić information content (AvgIpc) is 2.76. The molecule has 0 aliphatic carbocycles. The Hall–Kier alpha value is -1.95. The molecule has 1 heterocycles. The molecule has 0 aliphatic heterocycles. The number of hydrogen-bond acceptors (Lipinski definition) is 3. The van der Waals surface area contributed by atoms with Gasteiger partial charge >= 0.3 is 0 Å². The van der Waals surface area contributed by atoms with Crippen LogP contribution in [0.15, 0.2) is 30.3 Å². The summed E-state index contributed by atoms with van der Waals surface area (Å²) in [6.45, 7) is 2.44. The van der Waals surface area contributed by atoms with E-state index in [0.717, 1.165) is 17.3 Å². The van der Waals surface area contributed by atoms with Crippen molar-refractivity contribution in [3.63, 3.8) is 0 Å². The molecule has 18 heavy (non-hydrogen) atoms. The molecule has 0 saturated carbocycles. The highest BCUT2D eigenvalue weighted by Gasteiger charge is 2.08. The molecule has 0 amide bonds. The van der Waals surface area contributed by atoms with Crippen LogP contribution in [-0.4, -0.2) is 32.2 Å². The molecule has 0 fully saturated rings. The first kappa shape index (κ1) is 12.5. The SMILES string of the molecule is Cc1nc(CN(C)C(=S)Nc2ccccc2)n[nH]1. The van der Waals surface area contributed by atoms with Gasteiger partial charge in [0.2, 0.25) is 0 Å². The van der Waals surface area contributed by atoms with Gasteiger partial charge in [-0.3, -0.25) is 5.10 Å². The number of nitrogens with one attached hydrogen (secondary N) is 2. The molecule has 1 aromatic carbocycles. The Morgan fingerprint density at radius 1 is 1.39 bits per heavy atom. The van der Waals surface area contributed by atoms with E-state index in [0.29, 0.717) is 11.7 Å². The second-order valence-corrected chi connectivity index (χ2v) is 4.38. The Balaban J connectivity index is 1.93. The number of hydrogen-bond donors (Lipinski definition) is 2. The number of para-hydroxylation sites is 1. The number of anilines is 1. The van der Waals surface area contributed by atoms with Gasteiger partial charge in [-0.1, -0.05) is 18.2 Å². The summed E-state index contributed by atoms with van der Waals surface area (Å²) in [5.41, 5.74) is 0.973. The summed E-state index contributed by atoms with van der Waals surface area (Å²) in [7, 11) is 1.91. The molecule has 0 bridgehead atoms. The molecule has 2 N–H and O–H groups in total. The van der Waals surface area contributed by atoms with E-state index < -0.39 is 0 Å². The van der Waals surface area contributed by atoms with Gasteiger partial charge in [0.1, 0.15) is 5.82 Å². The lowest BCUT2D eigenvalue weighted by Crippen LogP contribution is -2.30. The van der Waals surface area contributed by atoms with Crippen molar-refractivity contribution >= 4 is 23.0 Å². The molecule has 2 aromatic rings. The van der Waals surface area contributed by atoms with Gasteiger partial charge in [0.05, 0.1) is 6.54 Å². The minimum atomic E-state index is 0.572. The maximum Gasteiger partial charge on any atom is 0.173 e. The first-order valence-corrected chi connectivity index (χ1v) is 6.01. The zero-order valence-electron chi connectivity index (χ0n) is 10.3. The Morgan fingerprint density at radius 2 is 2.11 bits per heavy atom. The summed E-state index contributed by atoms with van der Waals surface area (Å²) in [6, 6.07) is 9.83. The lowest BCUT2D eigenvalue weighted by Gasteiger charge is -2.19. The van der Waals surface area contributed by atoms with Gasteiger partial charge < -0.3 is 10.2 Å². The lowest BCUT2D eigenvalue weighted by atomic mass is 10.3. The summed E-state index contributed by atoms with van der Waals surface area (Å²) in [5, 5.41) is 10.7. The highest BCUT2D eigenvalue weighted by molar-refractivity contribution is 7.80. The number of rotatable bonds is 3. The highest BCUT2D eigenvalue weighted by Crippen LogP contribution is 2.07. The molecule has 5 nitrogen and oxygen atoms in total. The fourth-order valence-electron chi connectivity index (χ4n) is 1.48. The third-order valence-electron chi connectivity index (χ3n) is 2.39. The quantitative estimate of drug-likeness (QED) is 0.827. The normalized spacial score (nSPS) is 10.1. The van der Waals surface area contributed by atoms with Crippen molar-refractivity contribution in [3.05, 3.63) is 42.0 Å². The second-order valence-electron chi connectivity index (χ2n) is 3.99. The summed E-state index contributed by atoms with van der Waals surface area (Å²) >= 11 is 5.31. The molecule has 1 aromatic heterocycles. The van der Waals surface area contributed by atoms with Crippen LogP contribution in [0, 0.1) is 6.92 Å². The Labute approximate surface area is 111 Å². The van der Waals surface area contributed by atoms with E-state index in [4.69, 9.17) is 12.2 Å². The largest absolute Gasteiger partial charge is 0.344 e. The third kappa shape index (κ3) is 3.27. The van der Waals surface area contributed by atoms with E-state index in [1.807, 2.05) is 49.2 Å².